The molecule has 2 nitrogen and oxygen atoms in total. The molecule has 0 aromatic rings. The normalized spacial score (nSPS) is 34.4. The number of hydrogen-bond acceptors (Lipinski definition) is 2. The van der Waals surface area contributed by atoms with Crippen molar-refractivity contribution in [2.45, 2.75) is 71.5 Å². The monoisotopic (exact) mass is 294 g/mol. The first kappa shape index (κ1) is 15.8. The highest BCUT2D eigenvalue weighted by Crippen LogP contribution is 2.49. The molecule has 0 N–H and O–H groups in total. The largest absolute Gasteiger partial charge is 0.547 e. The molecule has 0 spiro atoms. The van der Waals surface area contributed by atoms with Crippen LogP contribution in [0.25, 0.3) is 0 Å². The average Bonchev–Trinajstić information content (AvgIpc) is 2.31. The van der Waals surface area contributed by atoms with Crippen molar-refractivity contribution in [3.63, 3.8) is 0 Å². The summed E-state index contributed by atoms with van der Waals surface area (Å²) in [4.78, 5) is 11.4. The van der Waals surface area contributed by atoms with Crippen LogP contribution in [0.1, 0.15) is 53.4 Å². The van der Waals surface area contributed by atoms with Gasteiger partial charge in [-0.15, -0.1) is 0 Å². The molecule has 0 aromatic carbocycles. The smallest absolute Gasteiger partial charge is 0.250 e. The van der Waals surface area contributed by atoms with Crippen molar-refractivity contribution in [2.75, 3.05) is 0 Å². The lowest BCUT2D eigenvalue weighted by Crippen LogP contribution is -2.43. The van der Waals surface area contributed by atoms with Crippen molar-refractivity contribution < 1.29 is 9.22 Å². The van der Waals surface area contributed by atoms with Crippen LogP contribution in [0.4, 0.5) is 0 Å². The van der Waals surface area contributed by atoms with E-state index in [4.69, 9.17) is 4.43 Å². The number of carbonyl (C=O) groups is 1. The Labute approximate surface area is 125 Å². The van der Waals surface area contributed by atoms with Gasteiger partial charge in [0, 0.05) is 11.3 Å². The minimum atomic E-state index is -1.76. The Morgan fingerprint density at radius 2 is 2.00 bits per heavy atom. The maximum Gasteiger partial charge on any atom is 0.250 e. The summed E-state index contributed by atoms with van der Waals surface area (Å²) < 4.78 is 6.55. The second-order valence-electron chi connectivity index (χ2n) is 8.68. The standard InChI is InChI=1S/C17H30O2Si/c1-16(2,3)20(5,6)19-15-8-7-13-9-14(15)11-17(4,10-13)12-18/h8,12-14H,7,9-11H2,1-6H3/t13-,14+,17-/m0/s1. The van der Waals surface area contributed by atoms with E-state index >= 15 is 0 Å². The van der Waals surface area contributed by atoms with E-state index in [2.05, 4.69) is 46.9 Å². The Morgan fingerprint density at radius 3 is 2.55 bits per heavy atom. The van der Waals surface area contributed by atoms with Gasteiger partial charge in [-0.25, -0.2) is 0 Å². The third-order valence-electron chi connectivity index (χ3n) is 5.60. The van der Waals surface area contributed by atoms with Gasteiger partial charge >= 0.3 is 0 Å². The molecule has 0 unspecified atom stereocenters. The lowest BCUT2D eigenvalue weighted by atomic mass is 9.64. The van der Waals surface area contributed by atoms with Gasteiger partial charge in [-0.2, -0.15) is 0 Å². The third kappa shape index (κ3) is 3.03. The number of fused-ring (bicyclic) bond motifs is 2. The Hall–Kier alpha value is -0.573. The van der Waals surface area contributed by atoms with Crippen LogP contribution in [-0.2, 0) is 9.22 Å². The van der Waals surface area contributed by atoms with Crippen LogP contribution < -0.4 is 0 Å². The van der Waals surface area contributed by atoms with Gasteiger partial charge in [-0.3, -0.25) is 0 Å². The summed E-state index contributed by atoms with van der Waals surface area (Å²) in [6, 6.07) is 0. The summed E-state index contributed by atoms with van der Waals surface area (Å²) in [6.45, 7) is 13.6. The molecule has 2 aliphatic carbocycles. The van der Waals surface area contributed by atoms with Crippen LogP contribution in [0, 0.1) is 17.3 Å². The van der Waals surface area contributed by atoms with E-state index in [0.29, 0.717) is 11.8 Å². The molecule has 114 valence electrons. The fourth-order valence-electron chi connectivity index (χ4n) is 3.39. The van der Waals surface area contributed by atoms with E-state index in [1.165, 1.54) is 18.5 Å². The van der Waals surface area contributed by atoms with Crippen molar-refractivity contribution in [1.82, 2.24) is 0 Å². The minimum absolute atomic E-state index is 0.135. The topological polar surface area (TPSA) is 26.3 Å². The van der Waals surface area contributed by atoms with Crippen molar-refractivity contribution in [3.05, 3.63) is 11.8 Å². The molecular weight excluding hydrogens is 264 g/mol. The van der Waals surface area contributed by atoms with Gasteiger partial charge in [-0.1, -0.05) is 27.7 Å². The van der Waals surface area contributed by atoms with E-state index in [0.717, 1.165) is 19.3 Å². The SMILES string of the molecule is CC(C)(C)[Si](C)(C)OC1=CC[C@H]2C[C@@H]1C[C@@](C)(C=O)C2. The maximum atomic E-state index is 11.4. The molecule has 0 aliphatic heterocycles. The van der Waals surface area contributed by atoms with Crippen molar-refractivity contribution in [3.8, 4) is 0 Å². The Kier molecular flexibility index (Phi) is 3.96. The number of carbonyl (C=O) groups excluding carboxylic acids is 1. The van der Waals surface area contributed by atoms with Crippen LogP contribution in [-0.4, -0.2) is 14.6 Å². The van der Waals surface area contributed by atoms with Crippen LogP contribution in [0.5, 0.6) is 0 Å². The Balaban J connectivity index is 2.16. The summed E-state index contributed by atoms with van der Waals surface area (Å²) >= 11 is 0. The quantitative estimate of drug-likeness (QED) is 0.545. The molecule has 0 heterocycles. The Morgan fingerprint density at radius 1 is 1.35 bits per heavy atom. The molecule has 3 atom stereocenters. The first-order chi connectivity index (χ1) is 9.06. The zero-order valence-electron chi connectivity index (χ0n) is 14.0. The van der Waals surface area contributed by atoms with Crippen LogP contribution >= 0.6 is 0 Å². The lowest BCUT2D eigenvalue weighted by Gasteiger charge is -2.46. The summed E-state index contributed by atoms with van der Waals surface area (Å²) in [5.41, 5.74) is -0.135. The number of aldehydes is 1. The summed E-state index contributed by atoms with van der Waals surface area (Å²) in [5, 5.41) is 0.229. The van der Waals surface area contributed by atoms with Gasteiger partial charge in [0.05, 0.1) is 5.76 Å². The lowest BCUT2D eigenvalue weighted by molar-refractivity contribution is -0.118. The maximum absolute atomic E-state index is 11.4. The predicted octanol–water partition coefficient (Wildman–Crippen LogP) is 4.92. The summed E-state index contributed by atoms with van der Waals surface area (Å²) in [6.07, 6.45) is 7.82. The molecule has 1 saturated carbocycles. The predicted molar refractivity (Wildman–Crippen MR) is 86.0 cm³/mol. The molecule has 2 bridgehead atoms. The molecule has 0 aromatic heterocycles. The van der Waals surface area contributed by atoms with Crippen molar-refractivity contribution in [2.24, 2.45) is 17.3 Å². The molecule has 0 saturated heterocycles. The second kappa shape index (κ2) is 5.01. The molecule has 1 fully saturated rings. The number of rotatable bonds is 3. The molecule has 0 amide bonds. The van der Waals surface area contributed by atoms with E-state index < -0.39 is 8.32 Å². The zero-order valence-corrected chi connectivity index (χ0v) is 15.0. The van der Waals surface area contributed by atoms with Gasteiger partial charge in [-0.05, 0) is 55.8 Å². The third-order valence-corrected chi connectivity index (χ3v) is 9.96. The molecule has 0 radical (unpaired) electrons. The number of hydrogen-bond donors (Lipinski definition) is 0. The first-order valence-electron chi connectivity index (χ1n) is 7.92. The first-order valence-corrected chi connectivity index (χ1v) is 10.8. The van der Waals surface area contributed by atoms with E-state index in [-0.39, 0.29) is 10.5 Å². The Bertz CT molecular complexity index is 419. The molecule has 2 aliphatic rings. The van der Waals surface area contributed by atoms with Crippen LogP contribution in [0.15, 0.2) is 11.8 Å². The van der Waals surface area contributed by atoms with Gasteiger partial charge in [0.2, 0.25) is 8.32 Å². The highest BCUT2D eigenvalue weighted by atomic mass is 28.4. The van der Waals surface area contributed by atoms with E-state index in [9.17, 15) is 4.79 Å². The van der Waals surface area contributed by atoms with Crippen LogP contribution in [0.3, 0.4) is 0 Å². The van der Waals surface area contributed by atoms with E-state index in [1.54, 1.807) is 0 Å². The van der Waals surface area contributed by atoms with Gasteiger partial charge < -0.3 is 9.22 Å². The zero-order chi connectivity index (χ0) is 15.2. The number of allylic oxidation sites excluding steroid dienone is 2. The van der Waals surface area contributed by atoms with Gasteiger partial charge in [0.15, 0.2) is 0 Å². The van der Waals surface area contributed by atoms with Gasteiger partial charge in [0.25, 0.3) is 0 Å². The molecule has 20 heavy (non-hydrogen) atoms. The highest BCUT2D eigenvalue weighted by Gasteiger charge is 2.44. The fraction of sp³-hybridized carbons (Fsp3) is 0.824. The molecular formula is C17H30O2Si. The fourth-order valence-corrected chi connectivity index (χ4v) is 4.53. The summed E-state index contributed by atoms with van der Waals surface area (Å²) in [5.74, 6) is 2.34. The molecule has 3 heteroatoms. The van der Waals surface area contributed by atoms with Crippen LogP contribution in [0.2, 0.25) is 18.1 Å². The minimum Gasteiger partial charge on any atom is -0.547 e. The van der Waals surface area contributed by atoms with E-state index in [1.807, 2.05) is 0 Å². The van der Waals surface area contributed by atoms with Gasteiger partial charge in [0.1, 0.15) is 6.29 Å². The molecule has 2 rings (SSSR count). The van der Waals surface area contributed by atoms with Crippen molar-refractivity contribution in [1.29, 1.82) is 0 Å². The summed E-state index contributed by atoms with van der Waals surface area (Å²) in [7, 11) is -1.76. The van der Waals surface area contributed by atoms with Crippen molar-refractivity contribution >= 4 is 14.6 Å². The second-order valence-corrected chi connectivity index (χ2v) is 13.4. The average molecular weight is 295 g/mol. The highest BCUT2D eigenvalue weighted by molar-refractivity contribution is 6.74.